The van der Waals surface area contributed by atoms with Gasteiger partial charge < -0.3 is 19.5 Å². The Morgan fingerprint density at radius 2 is 1.96 bits per heavy atom. The molecule has 0 aliphatic carbocycles. The number of aliphatic hydroxyl groups is 1. The van der Waals surface area contributed by atoms with E-state index in [-0.39, 0.29) is 11.3 Å². The third-order valence-electron chi connectivity index (χ3n) is 5.22. The summed E-state index contributed by atoms with van der Waals surface area (Å²) in [6.07, 6.45) is 1.22. The number of aliphatic hydroxyl groups excluding tert-OH is 1. The lowest BCUT2D eigenvalue weighted by Gasteiger charge is -2.20. The summed E-state index contributed by atoms with van der Waals surface area (Å²) >= 11 is 0. The fourth-order valence-electron chi connectivity index (χ4n) is 3.38. The highest BCUT2D eigenvalue weighted by Crippen LogP contribution is 2.26. The molecule has 2 atom stereocenters. The first-order chi connectivity index (χ1) is 12.8. The minimum atomic E-state index is -0.598. The molecule has 27 heavy (non-hydrogen) atoms. The third kappa shape index (κ3) is 6.91. The van der Waals surface area contributed by atoms with Crippen LogP contribution in [0.15, 0.2) is 24.3 Å². The molecule has 1 aromatic carbocycles. The van der Waals surface area contributed by atoms with Gasteiger partial charge in [0, 0.05) is 32.5 Å². The number of amides is 1. The fourth-order valence-corrected chi connectivity index (χ4v) is 3.38. The number of carbonyl (C=O) groups excluding carboxylic acids is 1. The molecule has 1 aromatic rings. The van der Waals surface area contributed by atoms with Crippen LogP contribution in [0.25, 0.3) is 0 Å². The second-order valence-electron chi connectivity index (χ2n) is 8.49. The van der Waals surface area contributed by atoms with Gasteiger partial charge in [0.15, 0.2) is 0 Å². The van der Waals surface area contributed by atoms with Crippen LogP contribution in [0.3, 0.4) is 0 Å². The monoisotopic (exact) mass is 377 g/mol. The van der Waals surface area contributed by atoms with Crippen LogP contribution in [0.1, 0.15) is 57.3 Å². The van der Waals surface area contributed by atoms with Crippen LogP contribution >= 0.6 is 0 Å². The van der Waals surface area contributed by atoms with E-state index in [9.17, 15) is 9.90 Å². The Morgan fingerprint density at radius 1 is 1.26 bits per heavy atom. The van der Waals surface area contributed by atoms with Crippen molar-refractivity contribution in [1.82, 2.24) is 4.90 Å². The number of rotatable bonds is 9. The molecule has 5 nitrogen and oxygen atoms in total. The van der Waals surface area contributed by atoms with Crippen LogP contribution in [0.5, 0.6) is 0 Å². The molecular weight excluding hydrogens is 342 g/mol. The van der Waals surface area contributed by atoms with Crippen molar-refractivity contribution in [2.75, 3.05) is 40.0 Å². The Labute approximate surface area is 163 Å². The first-order valence-corrected chi connectivity index (χ1v) is 9.94. The minimum Gasteiger partial charge on any atom is -0.388 e. The number of benzene rings is 1. The molecule has 0 aromatic heterocycles. The van der Waals surface area contributed by atoms with Crippen molar-refractivity contribution in [1.29, 1.82) is 0 Å². The van der Waals surface area contributed by atoms with Crippen molar-refractivity contribution < 1.29 is 19.4 Å². The number of likely N-dealkylation sites (tertiary alicyclic amines) is 1. The number of nitrogens with zero attached hydrogens (tertiary/aromatic N) is 1. The summed E-state index contributed by atoms with van der Waals surface area (Å²) in [4.78, 5) is 14.3. The van der Waals surface area contributed by atoms with Crippen molar-refractivity contribution >= 4 is 5.91 Å². The van der Waals surface area contributed by atoms with Gasteiger partial charge in [0.1, 0.15) is 0 Å². The van der Waals surface area contributed by atoms with Gasteiger partial charge in [-0.2, -0.15) is 0 Å². The predicted molar refractivity (Wildman–Crippen MR) is 107 cm³/mol. The van der Waals surface area contributed by atoms with Gasteiger partial charge in [0.05, 0.1) is 25.9 Å². The van der Waals surface area contributed by atoms with E-state index < -0.39 is 6.10 Å². The van der Waals surface area contributed by atoms with Crippen LogP contribution in [-0.4, -0.2) is 55.9 Å². The van der Waals surface area contributed by atoms with Crippen molar-refractivity contribution in [3.63, 3.8) is 0 Å². The average Bonchev–Trinajstić information content (AvgIpc) is 3.11. The van der Waals surface area contributed by atoms with E-state index in [1.807, 2.05) is 17.0 Å². The summed E-state index contributed by atoms with van der Waals surface area (Å²) in [5.74, 6) is 0.528. The minimum absolute atomic E-state index is 0.0963. The van der Waals surface area contributed by atoms with Crippen LogP contribution in [-0.2, 0) is 19.7 Å². The summed E-state index contributed by atoms with van der Waals surface area (Å²) in [6.45, 7) is 9.92. The summed E-state index contributed by atoms with van der Waals surface area (Å²) in [5.41, 5.74) is 2.21. The zero-order valence-electron chi connectivity index (χ0n) is 17.2. The van der Waals surface area contributed by atoms with Crippen LogP contribution in [0.4, 0.5) is 0 Å². The summed E-state index contributed by atoms with van der Waals surface area (Å²) < 4.78 is 10.5. The molecule has 152 valence electrons. The van der Waals surface area contributed by atoms with Gasteiger partial charge in [-0.05, 0) is 29.4 Å². The fraction of sp³-hybridized carbons (Fsp3) is 0.682. The molecule has 1 N–H and O–H groups in total. The Bertz CT molecular complexity index is 579. The van der Waals surface area contributed by atoms with E-state index in [4.69, 9.17) is 9.47 Å². The second kappa shape index (κ2) is 10.2. The maximum absolute atomic E-state index is 12.4. The van der Waals surface area contributed by atoms with Crippen molar-refractivity contribution in [2.24, 2.45) is 5.92 Å². The first-order valence-electron chi connectivity index (χ1n) is 9.94. The smallest absolute Gasteiger partial charge is 0.222 e. The number of hydrogen-bond acceptors (Lipinski definition) is 4. The maximum Gasteiger partial charge on any atom is 0.222 e. The van der Waals surface area contributed by atoms with Gasteiger partial charge in [-0.1, -0.05) is 45.0 Å². The van der Waals surface area contributed by atoms with E-state index in [2.05, 4.69) is 32.9 Å². The number of ether oxygens (including phenoxy) is 2. The average molecular weight is 378 g/mol. The first kappa shape index (κ1) is 21.9. The van der Waals surface area contributed by atoms with Crippen molar-refractivity contribution in [2.45, 2.75) is 51.6 Å². The van der Waals surface area contributed by atoms with Gasteiger partial charge in [0.25, 0.3) is 0 Å². The SMILES string of the molecule is COCCOC[C@@H]1CCN(C(=O)CC[C@H](O)c2ccc(C(C)(C)C)cc2)C1. The molecular formula is C22H35NO4. The zero-order valence-corrected chi connectivity index (χ0v) is 17.2. The van der Waals surface area contributed by atoms with E-state index in [1.165, 1.54) is 5.56 Å². The summed E-state index contributed by atoms with van der Waals surface area (Å²) in [6, 6.07) is 8.07. The third-order valence-corrected chi connectivity index (χ3v) is 5.22. The molecule has 1 heterocycles. The highest BCUT2D eigenvalue weighted by Gasteiger charge is 2.26. The van der Waals surface area contributed by atoms with E-state index in [1.54, 1.807) is 7.11 Å². The largest absolute Gasteiger partial charge is 0.388 e. The van der Waals surface area contributed by atoms with Crippen LogP contribution in [0, 0.1) is 5.92 Å². The molecule has 0 unspecified atom stereocenters. The van der Waals surface area contributed by atoms with Crippen LogP contribution in [0.2, 0.25) is 0 Å². The molecule has 1 fully saturated rings. The lowest BCUT2D eigenvalue weighted by atomic mass is 9.86. The molecule has 1 aliphatic rings. The topological polar surface area (TPSA) is 59.0 Å². The molecule has 1 amide bonds. The van der Waals surface area contributed by atoms with E-state index >= 15 is 0 Å². The zero-order chi connectivity index (χ0) is 19.9. The van der Waals surface area contributed by atoms with Gasteiger partial charge >= 0.3 is 0 Å². The van der Waals surface area contributed by atoms with Gasteiger partial charge in [0.2, 0.25) is 5.91 Å². The normalized spacial score (nSPS) is 18.7. The van der Waals surface area contributed by atoms with E-state index in [0.717, 1.165) is 25.1 Å². The van der Waals surface area contributed by atoms with Gasteiger partial charge in [-0.3, -0.25) is 4.79 Å². The number of hydrogen-bond donors (Lipinski definition) is 1. The molecule has 2 rings (SSSR count). The molecule has 1 aliphatic heterocycles. The second-order valence-corrected chi connectivity index (χ2v) is 8.49. The number of methoxy groups -OCH3 is 1. The van der Waals surface area contributed by atoms with Crippen LogP contribution < -0.4 is 0 Å². The molecule has 0 bridgehead atoms. The molecule has 5 heteroatoms. The highest BCUT2D eigenvalue weighted by molar-refractivity contribution is 5.76. The molecule has 0 radical (unpaired) electrons. The summed E-state index contributed by atoms with van der Waals surface area (Å²) in [7, 11) is 1.66. The lowest BCUT2D eigenvalue weighted by molar-refractivity contribution is -0.131. The number of carbonyl (C=O) groups is 1. The van der Waals surface area contributed by atoms with Crippen molar-refractivity contribution in [3.8, 4) is 0 Å². The Hall–Kier alpha value is -1.43. The Kier molecular flexibility index (Phi) is 8.27. The Balaban J connectivity index is 1.73. The Morgan fingerprint density at radius 3 is 2.59 bits per heavy atom. The summed E-state index contributed by atoms with van der Waals surface area (Å²) in [5, 5.41) is 10.4. The highest BCUT2D eigenvalue weighted by atomic mass is 16.5. The van der Waals surface area contributed by atoms with Crippen molar-refractivity contribution in [3.05, 3.63) is 35.4 Å². The van der Waals surface area contributed by atoms with Gasteiger partial charge in [-0.15, -0.1) is 0 Å². The lowest BCUT2D eigenvalue weighted by Crippen LogP contribution is -2.29. The molecule has 0 saturated carbocycles. The maximum atomic E-state index is 12.4. The van der Waals surface area contributed by atoms with Gasteiger partial charge in [-0.25, -0.2) is 0 Å². The standard InChI is InChI=1S/C22H35NO4/c1-22(2,3)19-7-5-18(6-8-19)20(24)9-10-21(25)23-12-11-17(15-23)16-27-14-13-26-4/h5-8,17,20,24H,9-16H2,1-4H3/t17-,20+/m1/s1. The quantitative estimate of drug-likeness (QED) is 0.671. The van der Waals surface area contributed by atoms with E-state index in [0.29, 0.717) is 38.6 Å². The predicted octanol–water partition coefficient (Wildman–Crippen LogP) is 3.31. The molecule has 0 spiro atoms. The molecule has 1 saturated heterocycles.